The molecule has 25 heavy (non-hydrogen) atoms. The van der Waals surface area contributed by atoms with E-state index in [1.165, 1.54) is 11.1 Å². The number of rotatable bonds is 8. The Bertz CT molecular complexity index is 586. The summed E-state index contributed by atoms with van der Waals surface area (Å²) in [6, 6.07) is 5.95. The molecule has 1 aromatic carbocycles. The number of aliphatic hydroxyl groups is 1. The molecule has 0 aromatic heterocycles. The van der Waals surface area contributed by atoms with Crippen molar-refractivity contribution in [2.24, 2.45) is 0 Å². The highest BCUT2D eigenvalue weighted by Crippen LogP contribution is 2.17. The standard InChI is InChI=1S/C20H30N2O3/c1-2-4-18(23)14-22-20(25)9-8-19(24)17-7-6-15-5-3-11-21-12-10-16(15)13-17/h6-7,13,18,21,23H,2-5,8-12,14H2,1H3,(H,22,25). The number of carbonyl (C=O) groups excluding carboxylic acids is 2. The number of Topliss-reactive ketones (excluding diaryl/α,β-unsaturated/α-hetero) is 1. The van der Waals surface area contributed by atoms with Crippen molar-refractivity contribution >= 4 is 11.7 Å². The van der Waals surface area contributed by atoms with Crippen molar-refractivity contribution < 1.29 is 14.7 Å². The van der Waals surface area contributed by atoms with Crippen molar-refractivity contribution in [2.45, 2.75) is 58.0 Å². The summed E-state index contributed by atoms with van der Waals surface area (Å²) in [6.45, 7) is 4.23. The summed E-state index contributed by atoms with van der Waals surface area (Å²) < 4.78 is 0. The molecule has 0 saturated heterocycles. The average Bonchev–Trinajstić information content (AvgIpc) is 2.58. The number of amides is 1. The number of nitrogens with one attached hydrogen (secondary N) is 2. The quantitative estimate of drug-likeness (QED) is 0.629. The number of hydrogen-bond donors (Lipinski definition) is 3. The smallest absolute Gasteiger partial charge is 0.220 e. The topological polar surface area (TPSA) is 78.4 Å². The molecule has 3 N–H and O–H groups in total. The molecule has 138 valence electrons. The first-order valence-corrected chi connectivity index (χ1v) is 9.40. The molecule has 1 aliphatic heterocycles. The molecular weight excluding hydrogens is 316 g/mol. The van der Waals surface area contributed by atoms with Gasteiger partial charge in [0.25, 0.3) is 0 Å². The van der Waals surface area contributed by atoms with Crippen LogP contribution in [0.25, 0.3) is 0 Å². The second-order valence-corrected chi connectivity index (χ2v) is 6.76. The lowest BCUT2D eigenvalue weighted by Crippen LogP contribution is -2.32. The molecule has 5 heteroatoms. The lowest BCUT2D eigenvalue weighted by molar-refractivity contribution is -0.121. The van der Waals surface area contributed by atoms with E-state index in [2.05, 4.69) is 16.7 Å². The minimum Gasteiger partial charge on any atom is -0.391 e. The highest BCUT2D eigenvalue weighted by molar-refractivity contribution is 5.98. The maximum absolute atomic E-state index is 12.4. The molecule has 0 aliphatic carbocycles. The predicted octanol–water partition coefficient (Wildman–Crippen LogP) is 2.00. The van der Waals surface area contributed by atoms with Gasteiger partial charge in [-0.25, -0.2) is 0 Å². The Balaban J connectivity index is 1.84. The lowest BCUT2D eigenvalue weighted by Gasteiger charge is -2.15. The Morgan fingerprint density at radius 2 is 2.04 bits per heavy atom. The zero-order chi connectivity index (χ0) is 18.1. The summed E-state index contributed by atoms with van der Waals surface area (Å²) in [5.41, 5.74) is 3.27. The Morgan fingerprint density at radius 3 is 2.84 bits per heavy atom. The Hall–Kier alpha value is -1.72. The number of fused-ring (bicyclic) bond motifs is 1. The van der Waals surface area contributed by atoms with E-state index in [1.54, 1.807) is 0 Å². The summed E-state index contributed by atoms with van der Waals surface area (Å²) in [5, 5.41) is 15.7. The summed E-state index contributed by atoms with van der Waals surface area (Å²) in [7, 11) is 0. The normalized spacial score (nSPS) is 15.6. The largest absolute Gasteiger partial charge is 0.391 e. The Labute approximate surface area is 150 Å². The van der Waals surface area contributed by atoms with Crippen molar-refractivity contribution in [1.29, 1.82) is 0 Å². The molecule has 0 radical (unpaired) electrons. The highest BCUT2D eigenvalue weighted by Gasteiger charge is 2.13. The first kappa shape index (κ1) is 19.6. The molecule has 1 aromatic rings. The average molecular weight is 346 g/mol. The first-order chi connectivity index (χ1) is 12.1. The number of carbonyl (C=O) groups is 2. The number of benzene rings is 1. The van der Waals surface area contributed by atoms with E-state index in [1.807, 2.05) is 19.1 Å². The molecule has 2 rings (SSSR count). The molecule has 0 fully saturated rings. The van der Waals surface area contributed by atoms with Crippen LogP contribution in [0.15, 0.2) is 18.2 Å². The van der Waals surface area contributed by atoms with E-state index < -0.39 is 6.10 Å². The van der Waals surface area contributed by atoms with Crippen molar-refractivity contribution in [3.63, 3.8) is 0 Å². The molecular formula is C20H30N2O3. The van der Waals surface area contributed by atoms with E-state index in [4.69, 9.17) is 0 Å². The van der Waals surface area contributed by atoms with Gasteiger partial charge in [-0.15, -0.1) is 0 Å². The van der Waals surface area contributed by atoms with Crippen LogP contribution in [0.4, 0.5) is 0 Å². The first-order valence-electron chi connectivity index (χ1n) is 9.40. The number of aryl methyl sites for hydroxylation is 1. The molecule has 5 nitrogen and oxygen atoms in total. The van der Waals surface area contributed by atoms with E-state index in [-0.39, 0.29) is 31.1 Å². The van der Waals surface area contributed by atoms with Crippen LogP contribution >= 0.6 is 0 Å². The zero-order valence-electron chi connectivity index (χ0n) is 15.1. The van der Waals surface area contributed by atoms with Gasteiger partial charge in [-0.2, -0.15) is 0 Å². The molecule has 1 atom stereocenters. The van der Waals surface area contributed by atoms with Gasteiger partial charge in [0, 0.05) is 24.9 Å². The highest BCUT2D eigenvalue weighted by atomic mass is 16.3. The van der Waals surface area contributed by atoms with Gasteiger partial charge in [0.2, 0.25) is 5.91 Å². The predicted molar refractivity (Wildman–Crippen MR) is 98.8 cm³/mol. The SMILES string of the molecule is CCCC(O)CNC(=O)CCC(=O)c1ccc2c(c1)CCNCCC2. The summed E-state index contributed by atoms with van der Waals surface area (Å²) in [5.74, 6) is -0.180. The third kappa shape index (κ3) is 6.59. The Kier molecular flexibility index (Phi) is 8.09. The zero-order valence-corrected chi connectivity index (χ0v) is 15.1. The minimum absolute atomic E-state index is 0.00192. The summed E-state index contributed by atoms with van der Waals surface area (Å²) in [4.78, 5) is 24.2. The third-order valence-electron chi connectivity index (χ3n) is 4.63. The number of hydrogen-bond acceptors (Lipinski definition) is 4. The van der Waals surface area contributed by atoms with Gasteiger partial charge in [0.15, 0.2) is 5.78 Å². The van der Waals surface area contributed by atoms with Crippen LogP contribution < -0.4 is 10.6 Å². The van der Waals surface area contributed by atoms with Crippen molar-refractivity contribution in [3.05, 3.63) is 34.9 Å². The van der Waals surface area contributed by atoms with Crippen LogP contribution in [0.3, 0.4) is 0 Å². The van der Waals surface area contributed by atoms with Gasteiger partial charge in [-0.1, -0.05) is 25.5 Å². The maximum Gasteiger partial charge on any atom is 0.220 e. The van der Waals surface area contributed by atoms with E-state index in [9.17, 15) is 14.7 Å². The van der Waals surface area contributed by atoms with Gasteiger partial charge < -0.3 is 15.7 Å². The third-order valence-corrected chi connectivity index (χ3v) is 4.63. The van der Waals surface area contributed by atoms with Crippen LogP contribution in [0, 0.1) is 0 Å². The fourth-order valence-corrected chi connectivity index (χ4v) is 3.15. The van der Waals surface area contributed by atoms with Crippen LogP contribution in [0.2, 0.25) is 0 Å². The molecule has 0 saturated carbocycles. The van der Waals surface area contributed by atoms with Crippen LogP contribution in [-0.2, 0) is 17.6 Å². The molecule has 1 heterocycles. The maximum atomic E-state index is 12.4. The molecule has 0 spiro atoms. The molecule has 0 bridgehead atoms. The van der Waals surface area contributed by atoms with Gasteiger partial charge >= 0.3 is 0 Å². The second kappa shape index (κ2) is 10.3. The van der Waals surface area contributed by atoms with Gasteiger partial charge in [-0.3, -0.25) is 9.59 Å². The molecule has 1 aliphatic rings. The summed E-state index contributed by atoms with van der Waals surface area (Å²) in [6.07, 6.45) is 4.50. The lowest BCUT2D eigenvalue weighted by atomic mass is 9.94. The summed E-state index contributed by atoms with van der Waals surface area (Å²) >= 11 is 0. The van der Waals surface area contributed by atoms with Crippen molar-refractivity contribution in [3.8, 4) is 0 Å². The van der Waals surface area contributed by atoms with Crippen LogP contribution in [0.1, 0.15) is 60.5 Å². The van der Waals surface area contributed by atoms with Gasteiger partial charge in [0.05, 0.1) is 6.10 Å². The minimum atomic E-state index is -0.507. The molecule has 1 amide bonds. The van der Waals surface area contributed by atoms with Crippen LogP contribution in [-0.4, -0.2) is 42.5 Å². The Morgan fingerprint density at radius 1 is 1.20 bits per heavy atom. The van der Waals surface area contributed by atoms with Gasteiger partial charge in [0.1, 0.15) is 0 Å². The monoisotopic (exact) mass is 346 g/mol. The van der Waals surface area contributed by atoms with Crippen molar-refractivity contribution in [1.82, 2.24) is 10.6 Å². The number of ketones is 1. The van der Waals surface area contributed by atoms with E-state index >= 15 is 0 Å². The fraction of sp³-hybridized carbons (Fsp3) is 0.600. The van der Waals surface area contributed by atoms with E-state index in [0.717, 1.165) is 38.8 Å². The van der Waals surface area contributed by atoms with Gasteiger partial charge in [-0.05, 0) is 56.0 Å². The second-order valence-electron chi connectivity index (χ2n) is 6.76. The molecule has 1 unspecified atom stereocenters. The van der Waals surface area contributed by atoms with E-state index in [0.29, 0.717) is 12.0 Å². The van der Waals surface area contributed by atoms with Crippen molar-refractivity contribution in [2.75, 3.05) is 19.6 Å². The fourth-order valence-electron chi connectivity index (χ4n) is 3.15. The van der Waals surface area contributed by atoms with Crippen LogP contribution in [0.5, 0.6) is 0 Å². The number of aliphatic hydroxyl groups excluding tert-OH is 1.